The summed E-state index contributed by atoms with van der Waals surface area (Å²) in [7, 11) is 0. The van der Waals surface area contributed by atoms with E-state index in [1.807, 2.05) is 0 Å². The second kappa shape index (κ2) is 5.12. The maximum Gasteiger partial charge on any atom is 0.306 e. The van der Waals surface area contributed by atoms with Crippen LogP contribution in [-0.4, -0.2) is 22.1 Å². The summed E-state index contributed by atoms with van der Waals surface area (Å²) in [6.07, 6.45) is 4.64. The van der Waals surface area contributed by atoms with Crippen molar-refractivity contribution in [3.63, 3.8) is 0 Å². The van der Waals surface area contributed by atoms with Crippen molar-refractivity contribution in [2.75, 3.05) is 5.32 Å². The minimum atomic E-state index is -0.728. The molecule has 0 bridgehead atoms. The number of anilines is 1. The van der Waals surface area contributed by atoms with Gasteiger partial charge in [0.05, 0.1) is 17.8 Å². The molecule has 0 amide bonds. The number of carboxylic acids is 1. The maximum atomic E-state index is 12.6. The van der Waals surface area contributed by atoms with Gasteiger partial charge in [0.25, 0.3) is 0 Å². The van der Waals surface area contributed by atoms with Gasteiger partial charge in [-0.1, -0.05) is 6.42 Å². The quantitative estimate of drug-likeness (QED) is 0.793. The van der Waals surface area contributed by atoms with Crippen LogP contribution in [0.3, 0.4) is 0 Å². The van der Waals surface area contributed by atoms with Crippen molar-refractivity contribution in [2.45, 2.75) is 31.7 Å². The molecule has 0 saturated heterocycles. The first-order valence-electron chi connectivity index (χ1n) is 5.76. The van der Waals surface area contributed by atoms with E-state index < -0.39 is 11.9 Å². The molecular weight excluding hydrogens is 223 g/mol. The van der Waals surface area contributed by atoms with Crippen LogP contribution in [0.4, 0.5) is 10.1 Å². The Bertz CT molecular complexity index is 394. The van der Waals surface area contributed by atoms with Gasteiger partial charge in [-0.15, -0.1) is 0 Å². The zero-order valence-electron chi connectivity index (χ0n) is 9.40. The van der Waals surface area contributed by atoms with E-state index in [2.05, 4.69) is 10.3 Å². The van der Waals surface area contributed by atoms with Gasteiger partial charge in [-0.2, -0.15) is 4.39 Å². The van der Waals surface area contributed by atoms with Crippen LogP contribution in [0.1, 0.15) is 25.7 Å². The van der Waals surface area contributed by atoms with Gasteiger partial charge in [0.2, 0.25) is 5.95 Å². The van der Waals surface area contributed by atoms with E-state index in [1.165, 1.54) is 12.3 Å². The van der Waals surface area contributed by atoms with Crippen LogP contribution in [0, 0.1) is 11.9 Å². The first-order valence-corrected chi connectivity index (χ1v) is 5.76. The molecule has 0 aliphatic heterocycles. The summed E-state index contributed by atoms with van der Waals surface area (Å²) in [5, 5.41) is 12.2. The Morgan fingerprint density at radius 2 is 2.29 bits per heavy atom. The molecule has 2 N–H and O–H groups in total. The maximum absolute atomic E-state index is 12.6. The number of hydrogen-bond acceptors (Lipinski definition) is 3. The van der Waals surface area contributed by atoms with E-state index in [0.29, 0.717) is 6.42 Å². The van der Waals surface area contributed by atoms with Crippen molar-refractivity contribution >= 4 is 11.7 Å². The zero-order chi connectivity index (χ0) is 12.3. The van der Waals surface area contributed by atoms with Crippen molar-refractivity contribution in [3.8, 4) is 0 Å². The number of carboxylic acid groups (broad SMARTS) is 1. The van der Waals surface area contributed by atoms with Crippen LogP contribution >= 0.6 is 0 Å². The van der Waals surface area contributed by atoms with Crippen LogP contribution in [-0.2, 0) is 4.79 Å². The lowest BCUT2D eigenvalue weighted by molar-refractivity contribution is -0.142. The van der Waals surface area contributed by atoms with Crippen LogP contribution in [0.15, 0.2) is 18.3 Å². The second-order valence-electron chi connectivity index (χ2n) is 4.41. The Morgan fingerprint density at radius 1 is 1.47 bits per heavy atom. The van der Waals surface area contributed by atoms with Crippen molar-refractivity contribution in [3.05, 3.63) is 24.3 Å². The first kappa shape index (κ1) is 11.8. The third kappa shape index (κ3) is 3.15. The smallest absolute Gasteiger partial charge is 0.306 e. The summed E-state index contributed by atoms with van der Waals surface area (Å²) in [5.41, 5.74) is 0.738. The average Bonchev–Trinajstić information content (AvgIpc) is 2.32. The highest BCUT2D eigenvalue weighted by Crippen LogP contribution is 2.26. The van der Waals surface area contributed by atoms with E-state index >= 15 is 0 Å². The molecule has 17 heavy (non-hydrogen) atoms. The van der Waals surface area contributed by atoms with Crippen LogP contribution in [0.2, 0.25) is 0 Å². The third-order valence-corrected chi connectivity index (χ3v) is 3.12. The molecule has 1 fully saturated rings. The fraction of sp³-hybridized carbons (Fsp3) is 0.500. The molecule has 1 aromatic rings. The molecule has 0 aromatic carbocycles. The summed E-state index contributed by atoms with van der Waals surface area (Å²) < 4.78 is 12.6. The molecule has 2 atom stereocenters. The van der Waals surface area contributed by atoms with Crippen molar-refractivity contribution in [1.29, 1.82) is 0 Å². The minimum Gasteiger partial charge on any atom is -0.481 e. The SMILES string of the molecule is O=C(O)C1CCCC(Nc2ccc(F)nc2)C1. The number of aromatic nitrogens is 1. The van der Waals surface area contributed by atoms with Crippen molar-refractivity contribution in [2.24, 2.45) is 5.92 Å². The fourth-order valence-corrected chi connectivity index (χ4v) is 2.24. The molecular formula is C12H15FN2O2. The van der Waals surface area contributed by atoms with Gasteiger partial charge in [-0.05, 0) is 31.4 Å². The number of aliphatic carboxylic acids is 1. The topological polar surface area (TPSA) is 62.2 Å². The van der Waals surface area contributed by atoms with Gasteiger partial charge in [0, 0.05) is 6.04 Å². The summed E-state index contributed by atoms with van der Waals surface area (Å²) in [4.78, 5) is 14.5. The van der Waals surface area contributed by atoms with Crippen LogP contribution < -0.4 is 5.32 Å². The van der Waals surface area contributed by atoms with E-state index in [0.717, 1.165) is 24.9 Å². The van der Waals surface area contributed by atoms with Gasteiger partial charge in [-0.3, -0.25) is 4.79 Å². The van der Waals surface area contributed by atoms with E-state index in [4.69, 9.17) is 5.11 Å². The van der Waals surface area contributed by atoms with Gasteiger partial charge in [0.15, 0.2) is 0 Å². The van der Waals surface area contributed by atoms with Gasteiger partial charge < -0.3 is 10.4 Å². The van der Waals surface area contributed by atoms with E-state index in [1.54, 1.807) is 6.07 Å². The van der Waals surface area contributed by atoms with Crippen molar-refractivity contribution < 1.29 is 14.3 Å². The monoisotopic (exact) mass is 238 g/mol. The summed E-state index contributed by atoms with van der Waals surface area (Å²) in [6.45, 7) is 0. The molecule has 1 saturated carbocycles. The number of pyridine rings is 1. The number of nitrogens with zero attached hydrogens (tertiary/aromatic N) is 1. The highest BCUT2D eigenvalue weighted by atomic mass is 19.1. The predicted octanol–water partition coefficient (Wildman–Crippen LogP) is 2.28. The summed E-state index contributed by atoms with van der Waals surface area (Å²) >= 11 is 0. The molecule has 0 radical (unpaired) electrons. The Hall–Kier alpha value is -1.65. The number of rotatable bonds is 3. The average molecular weight is 238 g/mol. The van der Waals surface area contributed by atoms with Crippen LogP contribution in [0.5, 0.6) is 0 Å². The number of nitrogens with one attached hydrogen (secondary N) is 1. The largest absolute Gasteiger partial charge is 0.481 e. The number of hydrogen-bond donors (Lipinski definition) is 2. The molecule has 5 heteroatoms. The molecule has 1 aliphatic carbocycles. The molecule has 1 heterocycles. The Kier molecular flexibility index (Phi) is 3.56. The summed E-state index contributed by atoms with van der Waals surface area (Å²) in [5.74, 6) is -1.51. The standard InChI is InChI=1S/C12H15FN2O2/c13-11-5-4-10(7-14-11)15-9-3-1-2-8(6-9)12(16)17/h4-5,7-9,15H,1-3,6H2,(H,16,17). The molecule has 1 aromatic heterocycles. The lowest BCUT2D eigenvalue weighted by Gasteiger charge is -2.28. The zero-order valence-corrected chi connectivity index (χ0v) is 9.40. The molecule has 1 aliphatic rings. The van der Waals surface area contributed by atoms with Gasteiger partial charge >= 0.3 is 5.97 Å². The Morgan fingerprint density at radius 3 is 2.94 bits per heavy atom. The highest BCUT2D eigenvalue weighted by Gasteiger charge is 2.26. The van der Waals surface area contributed by atoms with E-state index in [-0.39, 0.29) is 12.0 Å². The molecule has 2 unspecified atom stereocenters. The lowest BCUT2D eigenvalue weighted by Crippen LogP contribution is -2.30. The number of halogens is 1. The third-order valence-electron chi connectivity index (χ3n) is 3.12. The Labute approximate surface area is 98.9 Å². The number of carbonyl (C=O) groups is 1. The van der Waals surface area contributed by atoms with Gasteiger partial charge in [-0.25, -0.2) is 4.98 Å². The molecule has 4 nitrogen and oxygen atoms in total. The van der Waals surface area contributed by atoms with Crippen LogP contribution in [0.25, 0.3) is 0 Å². The molecule has 92 valence electrons. The summed E-state index contributed by atoms with van der Waals surface area (Å²) in [6, 6.07) is 3.05. The fourth-order valence-electron chi connectivity index (χ4n) is 2.24. The van der Waals surface area contributed by atoms with Gasteiger partial charge in [0.1, 0.15) is 0 Å². The normalized spacial score (nSPS) is 24.3. The highest BCUT2D eigenvalue weighted by molar-refractivity contribution is 5.70. The second-order valence-corrected chi connectivity index (χ2v) is 4.41. The van der Waals surface area contributed by atoms with E-state index in [9.17, 15) is 9.18 Å². The molecule has 0 spiro atoms. The lowest BCUT2D eigenvalue weighted by atomic mass is 9.86. The molecule has 2 rings (SSSR count). The first-order chi connectivity index (χ1) is 8.15. The predicted molar refractivity (Wildman–Crippen MR) is 61.2 cm³/mol. The van der Waals surface area contributed by atoms with Crippen molar-refractivity contribution in [1.82, 2.24) is 4.98 Å². The Balaban J connectivity index is 1.94. The minimum absolute atomic E-state index is 0.136.